The molecule has 0 amide bonds. The van der Waals surface area contributed by atoms with E-state index in [1.165, 1.54) is 56.6 Å². The number of alkyl halides is 3. The summed E-state index contributed by atoms with van der Waals surface area (Å²) in [5, 5.41) is 0. The van der Waals surface area contributed by atoms with E-state index in [0.717, 1.165) is 31.1 Å². The highest BCUT2D eigenvalue weighted by atomic mass is 19.4. The van der Waals surface area contributed by atoms with E-state index in [-0.39, 0.29) is 0 Å². The van der Waals surface area contributed by atoms with Gasteiger partial charge in [-0.25, -0.2) is 0 Å². The summed E-state index contributed by atoms with van der Waals surface area (Å²) in [4.78, 5) is 0. The van der Waals surface area contributed by atoms with Crippen molar-refractivity contribution in [1.82, 2.24) is 0 Å². The zero-order chi connectivity index (χ0) is 18.0. The van der Waals surface area contributed by atoms with Crippen molar-refractivity contribution in [2.75, 3.05) is 0 Å². The molecule has 1 aromatic rings. The fourth-order valence-electron chi connectivity index (χ4n) is 3.95. The molecule has 1 aromatic carbocycles. The summed E-state index contributed by atoms with van der Waals surface area (Å²) in [7, 11) is 0. The van der Waals surface area contributed by atoms with Gasteiger partial charge < -0.3 is 0 Å². The van der Waals surface area contributed by atoms with Crippen LogP contribution in [-0.4, -0.2) is 6.18 Å². The number of halogens is 3. The van der Waals surface area contributed by atoms with E-state index >= 15 is 0 Å². The average Bonchev–Trinajstić information content (AvgIpc) is 2.61. The minimum atomic E-state index is -4.15. The van der Waals surface area contributed by atoms with E-state index in [1.807, 2.05) is 0 Å². The molecule has 0 unspecified atom stereocenters. The van der Waals surface area contributed by atoms with Crippen LogP contribution in [0.2, 0.25) is 0 Å². The maximum atomic E-state index is 11.9. The fraction of sp³-hybridized carbons (Fsp3) is 0.636. The second kappa shape index (κ2) is 10.7. The lowest BCUT2D eigenvalue weighted by atomic mass is 9.77. The second-order valence-corrected chi connectivity index (χ2v) is 7.42. The lowest BCUT2D eigenvalue weighted by molar-refractivity contribution is -0.0800. The average molecular weight is 352 g/mol. The third-order valence-corrected chi connectivity index (χ3v) is 5.41. The van der Waals surface area contributed by atoms with Crippen LogP contribution >= 0.6 is 0 Å². The summed E-state index contributed by atoms with van der Waals surface area (Å²) < 4.78 is 35.8. The Hall–Kier alpha value is -1.25. The molecule has 0 spiro atoms. The summed E-state index contributed by atoms with van der Waals surface area (Å²) in [5.41, 5.74) is 1.50. The van der Waals surface area contributed by atoms with E-state index in [4.69, 9.17) is 0 Å². The predicted molar refractivity (Wildman–Crippen MR) is 98.7 cm³/mol. The highest BCUT2D eigenvalue weighted by Gasteiger charge is 2.22. The molecule has 1 aliphatic carbocycles. The number of unbranched alkanes of at least 4 members (excludes halogenated alkanes) is 5. The monoisotopic (exact) mass is 352 g/mol. The minimum absolute atomic E-state index is 0.360. The molecule has 0 atom stereocenters. The number of hydrogen-bond donors (Lipinski definition) is 0. The van der Waals surface area contributed by atoms with Gasteiger partial charge in [0.2, 0.25) is 0 Å². The van der Waals surface area contributed by atoms with Crippen LogP contribution in [0.5, 0.6) is 0 Å². The van der Waals surface area contributed by atoms with Crippen LogP contribution < -0.4 is 0 Å². The van der Waals surface area contributed by atoms with Gasteiger partial charge in [-0.2, -0.15) is 13.2 Å². The Morgan fingerprint density at radius 3 is 2.16 bits per heavy atom. The van der Waals surface area contributed by atoms with Gasteiger partial charge in [-0.05, 0) is 55.9 Å². The topological polar surface area (TPSA) is 0 Å². The van der Waals surface area contributed by atoms with Crippen molar-refractivity contribution in [2.24, 2.45) is 5.92 Å². The number of allylic oxidation sites excluding steroid dienone is 2. The van der Waals surface area contributed by atoms with Crippen LogP contribution in [0.25, 0.3) is 0 Å². The lowest BCUT2D eigenvalue weighted by Crippen LogP contribution is -2.13. The molecular weight excluding hydrogens is 321 g/mol. The summed E-state index contributed by atoms with van der Waals surface area (Å²) in [5.74, 6) is 1.64. The van der Waals surface area contributed by atoms with Crippen LogP contribution in [-0.2, 0) is 0 Å². The predicted octanol–water partition coefficient (Wildman–Crippen LogP) is 7.81. The molecule has 3 heteroatoms. The van der Waals surface area contributed by atoms with Crippen molar-refractivity contribution in [2.45, 2.75) is 82.7 Å². The highest BCUT2D eigenvalue weighted by Crippen LogP contribution is 2.37. The molecule has 0 bridgehead atoms. The Morgan fingerprint density at radius 2 is 1.48 bits per heavy atom. The fourth-order valence-corrected chi connectivity index (χ4v) is 3.95. The molecule has 140 valence electrons. The van der Waals surface area contributed by atoms with Crippen LogP contribution in [0.1, 0.15) is 82.1 Å². The molecule has 1 saturated carbocycles. The van der Waals surface area contributed by atoms with Crippen molar-refractivity contribution in [3.63, 3.8) is 0 Å². The quantitative estimate of drug-likeness (QED) is 0.314. The van der Waals surface area contributed by atoms with Gasteiger partial charge in [0, 0.05) is 6.08 Å². The SMILES string of the molecule is FC(F)(F)C=CCCCCCCCC1CCC(c2ccccc2)CC1. The first-order chi connectivity index (χ1) is 12.0. The van der Waals surface area contributed by atoms with Crippen molar-refractivity contribution in [1.29, 1.82) is 0 Å². The van der Waals surface area contributed by atoms with E-state index in [2.05, 4.69) is 30.3 Å². The summed E-state index contributed by atoms with van der Waals surface area (Å²) in [6, 6.07) is 10.9. The number of hydrogen-bond acceptors (Lipinski definition) is 0. The molecule has 0 saturated heterocycles. The molecule has 0 radical (unpaired) electrons. The van der Waals surface area contributed by atoms with E-state index < -0.39 is 6.18 Å². The van der Waals surface area contributed by atoms with Gasteiger partial charge in [0.1, 0.15) is 0 Å². The minimum Gasteiger partial charge on any atom is -0.167 e. The normalized spacial score (nSPS) is 21.7. The van der Waals surface area contributed by atoms with Gasteiger partial charge in [-0.3, -0.25) is 0 Å². The third kappa shape index (κ3) is 8.60. The van der Waals surface area contributed by atoms with Gasteiger partial charge in [0.15, 0.2) is 0 Å². The Kier molecular flexibility index (Phi) is 8.57. The molecule has 25 heavy (non-hydrogen) atoms. The van der Waals surface area contributed by atoms with Crippen molar-refractivity contribution >= 4 is 0 Å². The smallest absolute Gasteiger partial charge is 0.167 e. The maximum Gasteiger partial charge on any atom is 0.409 e. The summed E-state index contributed by atoms with van der Waals surface area (Å²) >= 11 is 0. The third-order valence-electron chi connectivity index (χ3n) is 5.41. The zero-order valence-electron chi connectivity index (χ0n) is 15.1. The van der Waals surface area contributed by atoms with Crippen LogP contribution in [0.4, 0.5) is 13.2 Å². The summed E-state index contributed by atoms with van der Waals surface area (Å²) in [6.07, 6.45) is 10.2. The molecule has 0 aliphatic heterocycles. The number of benzene rings is 1. The van der Waals surface area contributed by atoms with Gasteiger partial charge in [-0.1, -0.05) is 68.5 Å². The molecule has 1 fully saturated rings. The van der Waals surface area contributed by atoms with Crippen molar-refractivity contribution < 1.29 is 13.2 Å². The maximum absolute atomic E-state index is 11.9. The van der Waals surface area contributed by atoms with Gasteiger partial charge in [0.25, 0.3) is 0 Å². The molecule has 0 heterocycles. The van der Waals surface area contributed by atoms with E-state index in [9.17, 15) is 13.2 Å². The standard InChI is InChI=1S/C22H31F3/c23-22(24,25)18-10-5-3-1-2-4-7-11-19-14-16-21(17-15-19)20-12-8-6-9-13-20/h6,8-10,12-13,18-19,21H,1-5,7,11,14-17H2. The Bertz CT molecular complexity index is 482. The van der Waals surface area contributed by atoms with Crippen molar-refractivity contribution in [3.8, 4) is 0 Å². The van der Waals surface area contributed by atoms with Crippen LogP contribution in [0.15, 0.2) is 42.5 Å². The van der Waals surface area contributed by atoms with Crippen LogP contribution in [0, 0.1) is 5.92 Å². The molecular formula is C22H31F3. The molecule has 1 aliphatic rings. The van der Waals surface area contributed by atoms with Crippen LogP contribution in [0.3, 0.4) is 0 Å². The van der Waals surface area contributed by atoms with Gasteiger partial charge >= 0.3 is 6.18 Å². The summed E-state index contributed by atoms with van der Waals surface area (Å²) in [6.45, 7) is 0. The molecule has 0 aromatic heterocycles. The zero-order valence-corrected chi connectivity index (χ0v) is 15.1. The first-order valence-corrected chi connectivity index (χ1v) is 9.84. The molecule has 2 rings (SSSR count). The Labute approximate surface area is 150 Å². The van der Waals surface area contributed by atoms with E-state index in [0.29, 0.717) is 12.5 Å². The number of rotatable bonds is 9. The molecule has 0 nitrogen and oxygen atoms in total. The van der Waals surface area contributed by atoms with Crippen molar-refractivity contribution in [3.05, 3.63) is 48.0 Å². The first-order valence-electron chi connectivity index (χ1n) is 9.84. The van der Waals surface area contributed by atoms with Gasteiger partial charge in [-0.15, -0.1) is 0 Å². The highest BCUT2D eigenvalue weighted by molar-refractivity contribution is 5.19. The van der Waals surface area contributed by atoms with E-state index in [1.54, 1.807) is 0 Å². The van der Waals surface area contributed by atoms with Gasteiger partial charge in [0.05, 0.1) is 0 Å². The Balaban J connectivity index is 1.47. The Morgan fingerprint density at radius 1 is 0.840 bits per heavy atom. The second-order valence-electron chi connectivity index (χ2n) is 7.42. The largest absolute Gasteiger partial charge is 0.409 e. The first kappa shape index (κ1) is 20.1. The lowest BCUT2D eigenvalue weighted by Gasteiger charge is -2.28. The molecule has 0 N–H and O–H groups in total.